The van der Waals surface area contributed by atoms with Gasteiger partial charge in [0.2, 0.25) is 6.08 Å². The molecule has 1 aliphatic rings. The average Bonchev–Trinajstić information content (AvgIpc) is 2.86. The minimum Gasteiger partial charge on any atom is -0.496 e. The molecule has 0 saturated heterocycles. The number of hydrogen-bond acceptors (Lipinski definition) is 3. The van der Waals surface area contributed by atoms with Gasteiger partial charge in [-0.2, -0.15) is 4.99 Å². The fraction of sp³-hybridized carbons (Fsp3) is 0.533. The molecule has 102 valence electrons. The standard InChI is InChI=1S/C15H18BrNO2/c1-10-8-12(14(19-3)11(2)13(10)16)15(17-9-18)6-4-5-7-15/h8H,4-7H2,1-3H3. The lowest BCUT2D eigenvalue weighted by Crippen LogP contribution is -2.21. The minimum atomic E-state index is -0.441. The Kier molecular flexibility index (Phi) is 4.12. The van der Waals surface area contributed by atoms with Crippen LogP contribution in [-0.2, 0) is 10.3 Å². The van der Waals surface area contributed by atoms with Crippen molar-refractivity contribution >= 4 is 22.0 Å². The van der Waals surface area contributed by atoms with Gasteiger partial charge in [0.15, 0.2) is 0 Å². The van der Waals surface area contributed by atoms with E-state index >= 15 is 0 Å². The molecule has 0 bridgehead atoms. The van der Waals surface area contributed by atoms with E-state index in [0.29, 0.717) is 0 Å². The number of methoxy groups -OCH3 is 1. The predicted molar refractivity (Wildman–Crippen MR) is 78.4 cm³/mol. The summed E-state index contributed by atoms with van der Waals surface area (Å²) < 4.78 is 6.63. The molecular weight excluding hydrogens is 306 g/mol. The van der Waals surface area contributed by atoms with Crippen LogP contribution in [0.15, 0.2) is 15.5 Å². The maximum absolute atomic E-state index is 10.8. The van der Waals surface area contributed by atoms with Crippen molar-refractivity contribution in [1.82, 2.24) is 0 Å². The van der Waals surface area contributed by atoms with Crippen LogP contribution in [0.5, 0.6) is 5.75 Å². The highest BCUT2D eigenvalue weighted by atomic mass is 79.9. The lowest BCUT2D eigenvalue weighted by atomic mass is 9.86. The van der Waals surface area contributed by atoms with Gasteiger partial charge in [-0.3, -0.25) is 0 Å². The van der Waals surface area contributed by atoms with E-state index in [-0.39, 0.29) is 0 Å². The van der Waals surface area contributed by atoms with Crippen LogP contribution in [0.4, 0.5) is 0 Å². The number of hydrogen-bond donors (Lipinski definition) is 0. The smallest absolute Gasteiger partial charge is 0.235 e. The van der Waals surface area contributed by atoms with E-state index in [1.165, 1.54) is 0 Å². The number of carbonyl (C=O) groups excluding carboxylic acids is 1. The molecule has 0 unspecified atom stereocenters. The highest BCUT2D eigenvalue weighted by Crippen LogP contribution is 2.48. The largest absolute Gasteiger partial charge is 0.496 e. The van der Waals surface area contributed by atoms with Crippen LogP contribution < -0.4 is 4.74 Å². The molecule has 0 atom stereocenters. The van der Waals surface area contributed by atoms with Gasteiger partial charge in [0, 0.05) is 15.6 Å². The SMILES string of the molecule is COc1c(C2(N=C=O)CCCC2)cc(C)c(Br)c1C. The maximum atomic E-state index is 10.8. The third kappa shape index (κ3) is 2.35. The summed E-state index contributed by atoms with van der Waals surface area (Å²) in [6.07, 6.45) is 5.71. The second-order valence-electron chi connectivity index (χ2n) is 5.16. The summed E-state index contributed by atoms with van der Waals surface area (Å²) in [5, 5.41) is 0. The molecule has 1 aromatic carbocycles. The Balaban J connectivity index is 2.70. The number of benzene rings is 1. The van der Waals surface area contributed by atoms with Crippen molar-refractivity contribution in [3.8, 4) is 5.75 Å². The predicted octanol–water partition coefficient (Wildman–Crippen LogP) is 4.18. The first-order valence-corrected chi connectivity index (χ1v) is 7.28. The Labute approximate surface area is 122 Å². The monoisotopic (exact) mass is 323 g/mol. The molecule has 0 radical (unpaired) electrons. The van der Waals surface area contributed by atoms with E-state index < -0.39 is 5.54 Å². The van der Waals surface area contributed by atoms with E-state index in [1.54, 1.807) is 13.2 Å². The summed E-state index contributed by atoms with van der Waals surface area (Å²) in [6, 6.07) is 2.09. The van der Waals surface area contributed by atoms with E-state index in [0.717, 1.165) is 52.6 Å². The van der Waals surface area contributed by atoms with Crippen LogP contribution in [0.3, 0.4) is 0 Å². The van der Waals surface area contributed by atoms with Crippen molar-refractivity contribution in [2.24, 2.45) is 4.99 Å². The Bertz CT molecular complexity index is 542. The van der Waals surface area contributed by atoms with E-state index in [4.69, 9.17) is 4.74 Å². The molecule has 19 heavy (non-hydrogen) atoms. The first-order chi connectivity index (χ1) is 9.05. The van der Waals surface area contributed by atoms with Crippen LogP contribution in [0, 0.1) is 13.8 Å². The molecule has 0 heterocycles. The molecule has 4 heteroatoms. The minimum absolute atomic E-state index is 0.441. The number of halogens is 1. The van der Waals surface area contributed by atoms with Gasteiger partial charge in [-0.25, -0.2) is 4.79 Å². The molecule has 3 nitrogen and oxygen atoms in total. The number of aliphatic imine (C=N–C) groups is 1. The topological polar surface area (TPSA) is 38.7 Å². The molecule has 1 saturated carbocycles. The van der Waals surface area contributed by atoms with E-state index in [9.17, 15) is 4.79 Å². The third-order valence-corrected chi connectivity index (χ3v) is 5.24. The average molecular weight is 324 g/mol. The maximum Gasteiger partial charge on any atom is 0.235 e. The molecule has 0 N–H and O–H groups in total. The summed E-state index contributed by atoms with van der Waals surface area (Å²) in [7, 11) is 1.67. The first kappa shape index (κ1) is 14.3. The van der Waals surface area contributed by atoms with Crippen LogP contribution in [-0.4, -0.2) is 13.2 Å². The summed E-state index contributed by atoms with van der Waals surface area (Å²) in [5.74, 6) is 0.832. The molecular formula is C15H18BrNO2. The molecule has 0 amide bonds. The van der Waals surface area contributed by atoms with E-state index in [2.05, 4.69) is 27.0 Å². The fourth-order valence-electron chi connectivity index (χ4n) is 3.04. The van der Waals surface area contributed by atoms with Crippen molar-refractivity contribution in [2.75, 3.05) is 7.11 Å². The van der Waals surface area contributed by atoms with Gasteiger partial charge in [-0.05, 0) is 38.3 Å². The van der Waals surface area contributed by atoms with Crippen molar-refractivity contribution < 1.29 is 9.53 Å². The normalized spacial score (nSPS) is 17.1. The molecule has 1 aliphatic carbocycles. The summed E-state index contributed by atoms with van der Waals surface area (Å²) in [6.45, 7) is 4.07. The summed E-state index contributed by atoms with van der Waals surface area (Å²) in [4.78, 5) is 15.0. The summed E-state index contributed by atoms with van der Waals surface area (Å²) >= 11 is 3.58. The van der Waals surface area contributed by atoms with Gasteiger partial charge in [0.25, 0.3) is 0 Å². The van der Waals surface area contributed by atoms with E-state index in [1.807, 2.05) is 13.8 Å². The van der Waals surface area contributed by atoms with Gasteiger partial charge in [0.05, 0.1) is 7.11 Å². The van der Waals surface area contributed by atoms with Crippen molar-refractivity contribution in [3.63, 3.8) is 0 Å². The van der Waals surface area contributed by atoms with Gasteiger partial charge < -0.3 is 4.74 Å². The van der Waals surface area contributed by atoms with Crippen molar-refractivity contribution in [3.05, 3.63) is 27.2 Å². The number of aryl methyl sites for hydroxylation is 1. The number of ether oxygens (including phenoxy) is 1. The van der Waals surface area contributed by atoms with Gasteiger partial charge >= 0.3 is 0 Å². The lowest BCUT2D eigenvalue weighted by molar-refractivity contribution is 0.376. The first-order valence-electron chi connectivity index (χ1n) is 6.49. The number of nitrogens with zero attached hydrogens (tertiary/aromatic N) is 1. The Morgan fingerprint density at radius 2 is 2.00 bits per heavy atom. The Morgan fingerprint density at radius 1 is 1.37 bits per heavy atom. The van der Waals surface area contributed by atoms with Gasteiger partial charge in [-0.1, -0.05) is 28.8 Å². The Hall–Kier alpha value is -1.12. The van der Waals surface area contributed by atoms with Gasteiger partial charge in [0.1, 0.15) is 11.3 Å². The second kappa shape index (κ2) is 5.48. The molecule has 1 aromatic rings. The second-order valence-corrected chi connectivity index (χ2v) is 5.95. The quantitative estimate of drug-likeness (QED) is 0.618. The highest BCUT2D eigenvalue weighted by Gasteiger charge is 2.39. The summed E-state index contributed by atoms with van der Waals surface area (Å²) in [5.41, 5.74) is 2.78. The lowest BCUT2D eigenvalue weighted by Gasteiger charge is -2.27. The molecule has 1 fully saturated rings. The van der Waals surface area contributed by atoms with Crippen molar-refractivity contribution in [1.29, 1.82) is 0 Å². The molecule has 0 spiro atoms. The van der Waals surface area contributed by atoms with Crippen LogP contribution in [0.1, 0.15) is 42.4 Å². The zero-order chi connectivity index (χ0) is 14.0. The zero-order valence-corrected chi connectivity index (χ0v) is 13.1. The van der Waals surface area contributed by atoms with Gasteiger partial charge in [-0.15, -0.1) is 0 Å². The number of rotatable bonds is 3. The zero-order valence-electron chi connectivity index (χ0n) is 11.5. The third-order valence-electron chi connectivity index (χ3n) is 4.02. The molecule has 2 rings (SSSR count). The van der Waals surface area contributed by atoms with Crippen LogP contribution >= 0.6 is 15.9 Å². The highest BCUT2D eigenvalue weighted by molar-refractivity contribution is 9.10. The fourth-order valence-corrected chi connectivity index (χ4v) is 3.33. The van der Waals surface area contributed by atoms with Crippen LogP contribution in [0.2, 0.25) is 0 Å². The van der Waals surface area contributed by atoms with Crippen LogP contribution in [0.25, 0.3) is 0 Å². The Morgan fingerprint density at radius 3 is 2.53 bits per heavy atom. The number of isocyanates is 1. The van der Waals surface area contributed by atoms with Crippen molar-refractivity contribution in [2.45, 2.75) is 45.1 Å². The molecule has 0 aliphatic heterocycles. The molecule has 0 aromatic heterocycles.